The average molecular weight is 664 g/mol. The molecule has 0 unspecified atom stereocenters. The van der Waals surface area contributed by atoms with E-state index in [9.17, 15) is 0 Å². The lowest BCUT2D eigenvalue weighted by atomic mass is 10.2. The summed E-state index contributed by atoms with van der Waals surface area (Å²) in [5.41, 5.74) is 2.25. The molecular formula is C24H21BrCl2N10S2. The largest absolute Gasteiger partial charge is 0.334 e. The molecule has 4 aromatic heterocycles. The Kier molecular flexibility index (Phi) is 9.43. The molecular weight excluding hydrogens is 643 g/mol. The summed E-state index contributed by atoms with van der Waals surface area (Å²) in [7, 11) is 0. The highest BCUT2D eigenvalue weighted by Gasteiger charge is 2.28. The Hall–Kier alpha value is -3.20. The van der Waals surface area contributed by atoms with Gasteiger partial charge in [-0.15, -0.1) is 16.3 Å². The molecule has 1 N–H and O–H groups in total. The van der Waals surface area contributed by atoms with Crippen LogP contribution in [0.15, 0.2) is 41.7 Å². The van der Waals surface area contributed by atoms with E-state index < -0.39 is 0 Å². The quantitative estimate of drug-likeness (QED) is 0.227. The first-order valence-electron chi connectivity index (χ1n) is 11.3. The Morgan fingerprint density at radius 1 is 0.923 bits per heavy atom. The number of aromatic nitrogens is 4. The first-order valence-corrected chi connectivity index (χ1v) is 14.5. The summed E-state index contributed by atoms with van der Waals surface area (Å²) in [4.78, 5) is 21.8. The van der Waals surface area contributed by atoms with Crippen molar-refractivity contribution in [2.24, 2.45) is 4.99 Å². The van der Waals surface area contributed by atoms with Crippen LogP contribution >= 0.6 is 61.8 Å². The van der Waals surface area contributed by atoms with Crippen molar-refractivity contribution in [1.29, 1.82) is 15.9 Å². The minimum Gasteiger partial charge on any atom is -0.334 e. The van der Waals surface area contributed by atoms with E-state index in [1.807, 2.05) is 34.4 Å². The number of fused-ring (bicyclic) bond motifs is 2. The van der Waals surface area contributed by atoms with Gasteiger partial charge in [-0.3, -0.25) is 14.5 Å². The Bertz CT molecular complexity index is 1670. The fraction of sp³-hybridized carbons (Fsp3) is 0.250. The molecule has 4 aromatic rings. The van der Waals surface area contributed by atoms with E-state index in [1.165, 1.54) is 21.1 Å². The van der Waals surface area contributed by atoms with Gasteiger partial charge in [0.1, 0.15) is 40.3 Å². The molecule has 0 bridgehead atoms. The van der Waals surface area contributed by atoms with Gasteiger partial charge in [0.15, 0.2) is 4.80 Å². The number of nitrogens with zero attached hydrogens (tertiary/aromatic N) is 9. The molecule has 0 aliphatic carbocycles. The number of pyridine rings is 2. The molecule has 200 valence electrons. The lowest BCUT2D eigenvalue weighted by Gasteiger charge is -2.35. The number of hydrogen-bond donors (Lipinski definition) is 1. The van der Waals surface area contributed by atoms with Gasteiger partial charge in [-0.05, 0) is 37.1 Å². The van der Waals surface area contributed by atoms with Gasteiger partial charge in [-0.1, -0.05) is 46.7 Å². The van der Waals surface area contributed by atoms with Crippen molar-refractivity contribution in [3.63, 3.8) is 0 Å². The van der Waals surface area contributed by atoms with Crippen LogP contribution in [0.4, 0.5) is 11.6 Å². The summed E-state index contributed by atoms with van der Waals surface area (Å²) in [6.07, 6.45) is 5.43. The molecule has 15 heteroatoms. The van der Waals surface area contributed by atoms with E-state index in [2.05, 4.69) is 47.6 Å². The molecule has 0 saturated carbocycles. The lowest BCUT2D eigenvalue weighted by Crippen LogP contribution is -2.41. The van der Waals surface area contributed by atoms with E-state index in [4.69, 9.17) is 39.1 Å². The van der Waals surface area contributed by atoms with Crippen LogP contribution in [0.3, 0.4) is 0 Å². The molecule has 0 aromatic carbocycles. The molecule has 6 heterocycles. The Morgan fingerprint density at radius 3 is 1.87 bits per heavy atom. The lowest BCUT2D eigenvalue weighted by molar-refractivity contribution is 0.517. The minimum atomic E-state index is 0.504. The topological polar surface area (TPSA) is 126 Å². The van der Waals surface area contributed by atoms with Crippen molar-refractivity contribution < 1.29 is 0 Å². The molecule has 0 atom stereocenters. The summed E-state index contributed by atoms with van der Waals surface area (Å²) in [5, 5.41) is 24.7. The van der Waals surface area contributed by atoms with Crippen molar-refractivity contribution in [1.82, 2.24) is 19.1 Å². The van der Waals surface area contributed by atoms with Crippen LogP contribution in [-0.4, -0.2) is 19.1 Å². The molecule has 0 saturated heterocycles. The number of nitrogens with one attached hydrogen (secondary N) is 1. The van der Waals surface area contributed by atoms with Gasteiger partial charge < -0.3 is 9.80 Å². The third-order valence-corrected chi connectivity index (χ3v) is 8.14. The van der Waals surface area contributed by atoms with Crippen LogP contribution in [0, 0.1) is 41.0 Å². The summed E-state index contributed by atoms with van der Waals surface area (Å²) in [6, 6.07) is 7.56. The molecule has 0 spiro atoms. The van der Waals surface area contributed by atoms with Gasteiger partial charge in [0.2, 0.25) is 11.0 Å². The maximum absolute atomic E-state index is 8.64. The van der Waals surface area contributed by atoms with Crippen LogP contribution in [0.25, 0.3) is 0 Å². The van der Waals surface area contributed by atoms with E-state index in [-0.39, 0.29) is 0 Å². The summed E-state index contributed by atoms with van der Waals surface area (Å²) in [5.74, 6) is 2.30. The van der Waals surface area contributed by atoms with Gasteiger partial charge >= 0.3 is 0 Å². The van der Waals surface area contributed by atoms with Crippen molar-refractivity contribution in [2.45, 2.75) is 40.3 Å². The predicted molar refractivity (Wildman–Crippen MR) is 157 cm³/mol. The second-order valence-electron chi connectivity index (χ2n) is 8.36. The van der Waals surface area contributed by atoms with Gasteiger partial charge in [0.05, 0.1) is 0 Å². The number of aryl methyl sites for hydroxylation is 2. The van der Waals surface area contributed by atoms with E-state index in [1.54, 1.807) is 40.8 Å². The van der Waals surface area contributed by atoms with E-state index in [0.29, 0.717) is 15.1 Å². The highest BCUT2D eigenvalue weighted by molar-refractivity contribution is 9.12. The summed E-state index contributed by atoms with van der Waals surface area (Å²) < 4.78 is 4.07. The third kappa shape index (κ3) is 6.52. The number of halogens is 3. The standard InChI is InChI=1S/C12H10ClN5S.C11H11ClN4S.CBrN/c1-8-11-17(5-9-2-3-10(13)15-4-9)7-18(11)12(19-8)16-6-14;1-7-10-15(6-16(10)11(13)17-7)5-8-2-3-9(12)14-4-8;2-1-3/h2-4H,5,7H2,1H3;2-4,13H,5-6H2,1H3;. The number of anilines is 2. The maximum atomic E-state index is 8.64. The van der Waals surface area contributed by atoms with Crippen LogP contribution < -0.4 is 19.4 Å². The van der Waals surface area contributed by atoms with Crippen molar-refractivity contribution in [2.75, 3.05) is 9.80 Å². The van der Waals surface area contributed by atoms with Crippen LogP contribution in [-0.2, 0) is 26.4 Å². The van der Waals surface area contributed by atoms with Crippen LogP contribution in [0.5, 0.6) is 0 Å². The Balaban J connectivity index is 0.000000165. The first kappa shape index (κ1) is 28.8. The highest BCUT2D eigenvalue weighted by Crippen LogP contribution is 2.32. The third-order valence-electron chi connectivity index (χ3n) is 5.80. The molecule has 2 aliphatic heterocycles. The summed E-state index contributed by atoms with van der Waals surface area (Å²) >= 11 is 17.0. The smallest absolute Gasteiger partial charge is 0.208 e. The fourth-order valence-corrected chi connectivity index (χ4v) is 6.28. The fourth-order valence-electron chi connectivity index (χ4n) is 4.23. The molecule has 10 nitrogen and oxygen atoms in total. The zero-order chi connectivity index (χ0) is 28.1. The average Bonchev–Trinajstić information content (AvgIpc) is 3.24. The van der Waals surface area contributed by atoms with Crippen LogP contribution in [0.2, 0.25) is 10.3 Å². The zero-order valence-corrected chi connectivity index (χ0v) is 25.5. The van der Waals surface area contributed by atoms with Crippen LogP contribution in [0.1, 0.15) is 20.9 Å². The predicted octanol–water partition coefficient (Wildman–Crippen LogP) is 5.49. The normalized spacial score (nSPS) is 12.8. The van der Waals surface area contributed by atoms with Gasteiger partial charge in [-0.25, -0.2) is 9.97 Å². The monoisotopic (exact) mass is 662 g/mol. The molecule has 0 amide bonds. The Labute approximate surface area is 250 Å². The molecule has 6 rings (SSSR count). The first-order chi connectivity index (χ1) is 18.7. The van der Waals surface area contributed by atoms with E-state index >= 15 is 0 Å². The molecule has 0 radical (unpaired) electrons. The number of nitriles is 2. The Morgan fingerprint density at radius 2 is 1.41 bits per heavy atom. The van der Waals surface area contributed by atoms with E-state index in [0.717, 1.165) is 54.0 Å². The molecule has 39 heavy (non-hydrogen) atoms. The van der Waals surface area contributed by atoms with Gasteiger partial charge in [-0.2, -0.15) is 10.5 Å². The second kappa shape index (κ2) is 12.8. The SMILES string of the molecule is Cc1sc(=N)n2c1N(Cc1ccc(Cl)nc1)C2.Cc1sc(=NC#N)n2c1N(Cc1ccc(Cl)nc1)C2.N#CBr. The zero-order valence-electron chi connectivity index (χ0n) is 20.8. The maximum Gasteiger partial charge on any atom is 0.208 e. The van der Waals surface area contributed by atoms with Gasteiger partial charge in [0, 0.05) is 51.2 Å². The summed E-state index contributed by atoms with van der Waals surface area (Å²) in [6.45, 7) is 7.25. The molecule has 2 aliphatic rings. The minimum absolute atomic E-state index is 0.504. The van der Waals surface area contributed by atoms with Crippen molar-refractivity contribution in [3.8, 4) is 11.2 Å². The number of rotatable bonds is 4. The number of hydrogen-bond acceptors (Lipinski definition) is 10. The second-order valence-corrected chi connectivity index (χ2v) is 11.9. The van der Waals surface area contributed by atoms with Gasteiger partial charge in [0.25, 0.3) is 0 Å². The number of thiazole rings is 2. The van der Waals surface area contributed by atoms with Crippen molar-refractivity contribution in [3.05, 3.63) is 77.4 Å². The highest BCUT2D eigenvalue weighted by atomic mass is 79.9. The molecule has 0 fully saturated rings. The van der Waals surface area contributed by atoms with Crippen molar-refractivity contribution >= 4 is 73.4 Å².